The van der Waals surface area contributed by atoms with Crippen LogP contribution < -0.4 is 10.1 Å². The fourth-order valence-corrected chi connectivity index (χ4v) is 3.16. The number of nitriles is 1. The summed E-state index contributed by atoms with van der Waals surface area (Å²) in [6.45, 7) is 2.28. The molecule has 136 valence electrons. The predicted octanol–water partition coefficient (Wildman–Crippen LogP) is 4.91. The molecule has 1 saturated carbocycles. The SMILES string of the molecule is CN/C(C#N)=C(\C)c1cccc(OCC2CCC(C(F)(F)F)CC2)c1. The highest BCUT2D eigenvalue weighted by Crippen LogP contribution is 2.39. The highest BCUT2D eigenvalue weighted by atomic mass is 19.4. The Morgan fingerprint density at radius 1 is 1.28 bits per heavy atom. The van der Waals surface area contributed by atoms with Gasteiger partial charge in [0.1, 0.15) is 17.5 Å². The van der Waals surface area contributed by atoms with Gasteiger partial charge in [-0.05, 0) is 61.8 Å². The minimum Gasteiger partial charge on any atom is -0.493 e. The monoisotopic (exact) mass is 352 g/mol. The number of hydrogen-bond acceptors (Lipinski definition) is 3. The van der Waals surface area contributed by atoms with Crippen molar-refractivity contribution in [2.24, 2.45) is 11.8 Å². The Morgan fingerprint density at radius 3 is 2.52 bits per heavy atom. The molecule has 0 amide bonds. The molecule has 1 aliphatic carbocycles. The number of halogens is 3. The van der Waals surface area contributed by atoms with Crippen LogP contribution in [0.4, 0.5) is 13.2 Å². The Morgan fingerprint density at radius 2 is 1.96 bits per heavy atom. The Kier molecular flexibility index (Phi) is 6.35. The van der Waals surface area contributed by atoms with Crippen molar-refractivity contribution in [3.05, 3.63) is 35.5 Å². The molecule has 1 aliphatic rings. The van der Waals surface area contributed by atoms with Crippen molar-refractivity contribution in [2.75, 3.05) is 13.7 Å². The number of benzene rings is 1. The third-order valence-corrected chi connectivity index (χ3v) is 4.80. The molecule has 0 spiro atoms. The van der Waals surface area contributed by atoms with E-state index in [9.17, 15) is 13.2 Å². The zero-order chi connectivity index (χ0) is 18.4. The lowest BCUT2D eigenvalue weighted by Gasteiger charge is -2.29. The molecule has 1 fully saturated rings. The van der Waals surface area contributed by atoms with Crippen molar-refractivity contribution in [2.45, 2.75) is 38.8 Å². The van der Waals surface area contributed by atoms with Gasteiger partial charge in [-0.2, -0.15) is 18.4 Å². The zero-order valence-corrected chi connectivity index (χ0v) is 14.5. The van der Waals surface area contributed by atoms with Crippen LogP contribution in [0.15, 0.2) is 30.0 Å². The number of hydrogen-bond donors (Lipinski definition) is 1. The van der Waals surface area contributed by atoms with E-state index in [0.717, 1.165) is 11.1 Å². The summed E-state index contributed by atoms with van der Waals surface area (Å²) in [6.07, 6.45) is -2.61. The van der Waals surface area contributed by atoms with Crippen molar-refractivity contribution < 1.29 is 17.9 Å². The third kappa shape index (κ3) is 5.15. The number of ether oxygens (including phenoxy) is 1. The van der Waals surface area contributed by atoms with Crippen LogP contribution in [0.3, 0.4) is 0 Å². The minimum absolute atomic E-state index is 0.158. The van der Waals surface area contributed by atoms with Crippen molar-refractivity contribution in [1.82, 2.24) is 5.32 Å². The number of nitrogens with zero attached hydrogens (tertiary/aromatic N) is 1. The Bertz CT molecular complexity index is 653. The summed E-state index contributed by atoms with van der Waals surface area (Å²) in [5.74, 6) is -0.333. The van der Waals surface area contributed by atoms with Gasteiger partial charge in [-0.15, -0.1) is 0 Å². The first kappa shape index (κ1) is 19.2. The first-order valence-electron chi connectivity index (χ1n) is 8.43. The number of rotatable bonds is 5. The second kappa shape index (κ2) is 8.28. The van der Waals surface area contributed by atoms with E-state index >= 15 is 0 Å². The Hall–Kier alpha value is -2.16. The van der Waals surface area contributed by atoms with E-state index in [0.29, 0.717) is 30.9 Å². The van der Waals surface area contributed by atoms with E-state index in [1.54, 1.807) is 7.05 Å². The molecule has 6 heteroatoms. The van der Waals surface area contributed by atoms with Crippen LogP contribution >= 0.6 is 0 Å². The lowest BCUT2D eigenvalue weighted by Crippen LogP contribution is -2.29. The molecule has 1 N–H and O–H groups in total. The van der Waals surface area contributed by atoms with Gasteiger partial charge in [0.05, 0.1) is 12.5 Å². The molecular weight excluding hydrogens is 329 g/mol. The van der Waals surface area contributed by atoms with E-state index in [1.807, 2.05) is 31.2 Å². The maximum absolute atomic E-state index is 12.7. The van der Waals surface area contributed by atoms with Gasteiger partial charge in [-0.3, -0.25) is 0 Å². The fourth-order valence-electron chi connectivity index (χ4n) is 3.16. The van der Waals surface area contributed by atoms with Crippen molar-refractivity contribution in [1.29, 1.82) is 5.26 Å². The first-order chi connectivity index (χ1) is 11.8. The van der Waals surface area contributed by atoms with E-state index in [1.165, 1.54) is 0 Å². The molecule has 1 aromatic carbocycles. The molecular formula is C19H23F3N2O. The molecule has 0 radical (unpaired) electrons. The Balaban J connectivity index is 1.94. The van der Waals surface area contributed by atoms with Crippen LogP contribution in [-0.2, 0) is 0 Å². The Labute approximate surface area is 146 Å². The smallest absolute Gasteiger partial charge is 0.391 e. The topological polar surface area (TPSA) is 45.0 Å². The lowest BCUT2D eigenvalue weighted by molar-refractivity contribution is -0.184. The largest absolute Gasteiger partial charge is 0.493 e. The summed E-state index contributed by atoms with van der Waals surface area (Å²) in [6, 6.07) is 9.52. The van der Waals surface area contributed by atoms with E-state index in [4.69, 9.17) is 10.00 Å². The summed E-state index contributed by atoms with van der Waals surface area (Å²) in [7, 11) is 1.69. The van der Waals surface area contributed by atoms with Gasteiger partial charge in [-0.25, -0.2) is 0 Å². The van der Waals surface area contributed by atoms with Gasteiger partial charge in [0.2, 0.25) is 0 Å². The summed E-state index contributed by atoms with van der Waals surface area (Å²) < 4.78 is 43.9. The van der Waals surface area contributed by atoms with Crippen LogP contribution in [0.25, 0.3) is 5.57 Å². The molecule has 2 rings (SSSR count). The van der Waals surface area contributed by atoms with Crippen molar-refractivity contribution in [3.8, 4) is 11.8 Å². The first-order valence-corrected chi connectivity index (χ1v) is 8.43. The van der Waals surface area contributed by atoms with Gasteiger partial charge in [0.25, 0.3) is 0 Å². The van der Waals surface area contributed by atoms with E-state index in [-0.39, 0.29) is 18.8 Å². The molecule has 0 unspecified atom stereocenters. The van der Waals surface area contributed by atoms with Crippen molar-refractivity contribution in [3.63, 3.8) is 0 Å². The maximum Gasteiger partial charge on any atom is 0.391 e. The van der Waals surface area contributed by atoms with Crippen LogP contribution in [0.2, 0.25) is 0 Å². The molecule has 25 heavy (non-hydrogen) atoms. The fraction of sp³-hybridized carbons (Fsp3) is 0.526. The van der Waals surface area contributed by atoms with Crippen LogP contribution in [-0.4, -0.2) is 19.8 Å². The van der Waals surface area contributed by atoms with Crippen molar-refractivity contribution >= 4 is 5.57 Å². The quantitative estimate of drug-likeness (QED) is 0.766. The van der Waals surface area contributed by atoms with Crippen LogP contribution in [0.1, 0.15) is 38.2 Å². The summed E-state index contributed by atoms with van der Waals surface area (Å²) in [5, 5.41) is 12.0. The highest BCUT2D eigenvalue weighted by molar-refractivity contribution is 5.70. The van der Waals surface area contributed by atoms with E-state index in [2.05, 4.69) is 11.4 Å². The highest BCUT2D eigenvalue weighted by Gasteiger charge is 2.41. The molecule has 1 aromatic rings. The second-order valence-corrected chi connectivity index (χ2v) is 6.46. The zero-order valence-electron chi connectivity index (χ0n) is 14.5. The predicted molar refractivity (Wildman–Crippen MR) is 90.7 cm³/mol. The van der Waals surface area contributed by atoms with Gasteiger partial charge in [-0.1, -0.05) is 12.1 Å². The average molecular weight is 352 g/mol. The van der Waals surface area contributed by atoms with Gasteiger partial charge < -0.3 is 10.1 Å². The van der Waals surface area contributed by atoms with E-state index < -0.39 is 12.1 Å². The standard InChI is InChI=1S/C19H23F3N2O/c1-13(18(11-23)24-2)15-4-3-5-17(10-15)25-12-14-6-8-16(9-7-14)19(20,21)22/h3-5,10,14,16,24H,6-9,12H2,1-2H3/b18-13+. The van der Waals surface area contributed by atoms with Gasteiger partial charge in [0.15, 0.2) is 0 Å². The average Bonchev–Trinajstić information content (AvgIpc) is 2.61. The molecule has 0 aromatic heterocycles. The summed E-state index contributed by atoms with van der Waals surface area (Å²) in [4.78, 5) is 0. The number of nitrogens with one attached hydrogen (secondary N) is 1. The molecule has 0 heterocycles. The molecule has 0 saturated heterocycles. The van der Waals surface area contributed by atoms with Gasteiger partial charge >= 0.3 is 6.18 Å². The lowest BCUT2D eigenvalue weighted by atomic mass is 9.82. The number of allylic oxidation sites excluding steroid dienone is 2. The third-order valence-electron chi connectivity index (χ3n) is 4.80. The second-order valence-electron chi connectivity index (χ2n) is 6.46. The molecule has 0 bridgehead atoms. The summed E-state index contributed by atoms with van der Waals surface area (Å²) in [5.41, 5.74) is 2.19. The molecule has 0 aliphatic heterocycles. The molecule has 0 atom stereocenters. The maximum atomic E-state index is 12.7. The normalized spacial score (nSPS) is 21.9. The molecule has 3 nitrogen and oxygen atoms in total. The van der Waals surface area contributed by atoms with Gasteiger partial charge in [0, 0.05) is 7.05 Å². The number of alkyl halides is 3. The van der Waals surface area contributed by atoms with Crippen LogP contribution in [0, 0.1) is 23.2 Å². The van der Waals surface area contributed by atoms with Crippen LogP contribution in [0.5, 0.6) is 5.75 Å². The minimum atomic E-state index is -4.07. The summed E-state index contributed by atoms with van der Waals surface area (Å²) >= 11 is 0.